The Morgan fingerprint density at radius 1 is 1.04 bits per heavy atom. The van der Waals surface area contributed by atoms with Crippen LogP contribution in [0.3, 0.4) is 0 Å². The molecular weight excluding hydrogens is 312 g/mol. The van der Waals surface area contributed by atoms with Crippen LogP contribution in [0.15, 0.2) is 66.7 Å². The van der Waals surface area contributed by atoms with Crippen LogP contribution in [0.25, 0.3) is 10.9 Å². The van der Waals surface area contributed by atoms with Gasteiger partial charge < -0.3 is 10.1 Å². The molecule has 1 unspecified atom stereocenters. The van der Waals surface area contributed by atoms with Gasteiger partial charge >= 0.3 is 5.97 Å². The van der Waals surface area contributed by atoms with Crippen LogP contribution in [0.5, 0.6) is 0 Å². The maximum Gasteiger partial charge on any atom is 0.307 e. The molecule has 0 spiro atoms. The quantitative estimate of drug-likeness (QED) is 0.663. The lowest BCUT2D eigenvalue weighted by molar-refractivity contribution is -0.143. The molecule has 1 N–H and O–H groups in total. The SMILES string of the molecule is CCOC(=O)CC(NCc1ccccc1)c1ccc2ccccc2n1. The zero-order valence-electron chi connectivity index (χ0n) is 14.3. The second kappa shape index (κ2) is 8.40. The lowest BCUT2D eigenvalue weighted by Crippen LogP contribution is -2.25. The lowest BCUT2D eigenvalue weighted by atomic mass is 10.1. The number of hydrogen-bond donors (Lipinski definition) is 1. The van der Waals surface area contributed by atoms with Crippen LogP contribution in [-0.4, -0.2) is 17.6 Å². The van der Waals surface area contributed by atoms with Crippen molar-refractivity contribution in [2.24, 2.45) is 0 Å². The summed E-state index contributed by atoms with van der Waals surface area (Å²) in [6, 6.07) is 21.9. The van der Waals surface area contributed by atoms with Crippen LogP contribution >= 0.6 is 0 Å². The van der Waals surface area contributed by atoms with Crippen LogP contribution in [-0.2, 0) is 16.1 Å². The maximum absolute atomic E-state index is 12.0. The summed E-state index contributed by atoms with van der Waals surface area (Å²) in [5.41, 5.74) is 2.94. The third kappa shape index (κ3) is 4.64. The lowest BCUT2D eigenvalue weighted by Gasteiger charge is -2.18. The molecule has 0 aliphatic heterocycles. The summed E-state index contributed by atoms with van der Waals surface area (Å²) in [4.78, 5) is 16.7. The van der Waals surface area contributed by atoms with Gasteiger partial charge in [0.05, 0.1) is 30.3 Å². The van der Waals surface area contributed by atoms with Crippen LogP contribution in [0.1, 0.15) is 30.6 Å². The predicted molar refractivity (Wildman–Crippen MR) is 99.0 cm³/mol. The number of nitrogens with zero attached hydrogens (tertiary/aromatic N) is 1. The monoisotopic (exact) mass is 334 g/mol. The molecule has 3 aromatic rings. The van der Waals surface area contributed by atoms with Gasteiger partial charge in [-0.15, -0.1) is 0 Å². The van der Waals surface area contributed by atoms with Gasteiger partial charge in [-0.1, -0.05) is 54.6 Å². The molecule has 0 saturated heterocycles. The highest BCUT2D eigenvalue weighted by Crippen LogP contribution is 2.20. The molecule has 0 bridgehead atoms. The van der Waals surface area contributed by atoms with E-state index < -0.39 is 0 Å². The number of aromatic nitrogens is 1. The minimum Gasteiger partial charge on any atom is -0.466 e. The zero-order valence-corrected chi connectivity index (χ0v) is 14.3. The third-order valence-electron chi connectivity index (χ3n) is 4.05. The Morgan fingerprint density at radius 3 is 2.60 bits per heavy atom. The van der Waals surface area contributed by atoms with E-state index in [-0.39, 0.29) is 18.4 Å². The fourth-order valence-electron chi connectivity index (χ4n) is 2.78. The first-order valence-corrected chi connectivity index (χ1v) is 8.55. The molecule has 1 atom stereocenters. The van der Waals surface area contributed by atoms with E-state index >= 15 is 0 Å². The number of para-hydroxylation sites is 1. The number of ether oxygens (including phenoxy) is 1. The molecule has 1 heterocycles. The van der Waals surface area contributed by atoms with Crippen LogP contribution in [0.4, 0.5) is 0 Å². The minimum absolute atomic E-state index is 0.191. The molecule has 2 aromatic carbocycles. The number of esters is 1. The van der Waals surface area contributed by atoms with Crippen molar-refractivity contribution in [3.05, 3.63) is 78.0 Å². The van der Waals surface area contributed by atoms with Crippen molar-refractivity contribution < 1.29 is 9.53 Å². The third-order valence-corrected chi connectivity index (χ3v) is 4.05. The number of carbonyl (C=O) groups excluding carboxylic acids is 1. The molecule has 0 fully saturated rings. The molecule has 3 rings (SSSR count). The molecule has 0 amide bonds. The maximum atomic E-state index is 12.0. The molecule has 0 aliphatic rings. The summed E-state index contributed by atoms with van der Waals surface area (Å²) >= 11 is 0. The van der Waals surface area contributed by atoms with Gasteiger partial charge in [0.15, 0.2) is 0 Å². The summed E-state index contributed by atoms with van der Waals surface area (Å²) in [5.74, 6) is -0.219. The van der Waals surface area contributed by atoms with Crippen LogP contribution in [0.2, 0.25) is 0 Å². The predicted octanol–water partition coefficient (Wildman–Crippen LogP) is 4.02. The number of carbonyl (C=O) groups is 1. The number of pyridine rings is 1. The van der Waals surface area contributed by atoms with Gasteiger partial charge in [-0.05, 0) is 24.6 Å². The molecule has 0 aliphatic carbocycles. The van der Waals surface area contributed by atoms with Gasteiger partial charge in [0.1, 0.15) is 0 Å². The Labute approximate surface area is 147 Å². The first kappa shape index (κ1) is 17.1. The molecule has 1 aromatic heterocycles. The van der Waals surface area contributed by atoms with Gasteiger partial charge in [0.2, 0.25) is 0 Å². The van der Waals surface area contributed by atoms with E-state index in [1.165, 1.54) is 0 Å². The van der Waals surface area contributed by atoms with Crippen molar-refractivity contribution in [3.8, 4) is 0 Å². The average Bonchev–Trinajstić information content (AvgIpc) is 2.66. The van der Waals surface area contributed by atoms with Crippen molar-refractivity contribution in [1.82, 2.24) is 10.3 Å². The summed E-state index contributed by atoms with van der Waals surface area (Å²) in [6.45, 7) is 2.87. The Bertz CT molecular complexity index is 833. The van der Waals surface area contributed by atoms with Crippen LogP contribution < -0.4 is 5.32 Å². The van der Waals surface area contributed by atoms with Crippen molar-refractivity contribution in [2.45, 2.75) is 25.9 Å². The Hall–Kier alpha value is -2.72. The van der Waals surface area contributed by atoms with Crippen molar-refractivity contribution in [2.75, 3.05) is 6.61 Å². The fraction of sp³-hybridized carbons (Fsp3) is 0.238. The van der Waals surface area contributed by atoms with Crippen LogP contribution in [0, 0.1) is 0 Å². The zero-order chi connectivity index (χ0) is 17.5. The van der Waals surface area contributed by atoms with E-state index in [1.807, 2.05) is 61.5 Å². The topological polar surface area (TPSA) is 51.2 Å². The second-order valence-electron chi connectivity index (χ2n) is 5.86. The van der Waals surface area contributed by atoms with E-state index in [4.69, 9.17) is 9.72 Å². The molecule has 25 heavy (non-hydrogen) atoms. The molecule has 0 saturated carbocycles. The number of fused-ring (bicyclic) bond motifs is 1. The minimum atomic E-state index is -0.219. The number of hydrogen-bond acceptors (Lipinski definition) is 4. The first-order chi connectivity index (χ1) is 12.3. The summed E-state index contributed by atoms with van der Waals surface area (Å²) in [5, 5.41) is 4.53. The molecule has 4 heteroatoms. The highest BCUT2D eigenvalue weighted by atomic mass is 16.5. The Morgan fingerprint density at radius 2 is 1.80 bits per heavy atom. The van der Waals surface area contributed by atoms with E-state index in [1.54, 1.807) is 0 Å². The van der Waals surface area contributed by atoms with Crippen molar-refractivity contribution >= 4 is 16.9 Å². The van der Waals surface area contributed by atoms with Crippen molar-refractivity contribution in [3.63, 3.8) is 0 Å². The summed E-state index contributed by atoms with van der Waals surface area (Å²) in [7, 11) is 0. The van der Waals surface area contributed by atoms with Gasteiger partial charge in [-0.25, -0.2) is 0 Å². The fourth-order valence-corrected chi connectivity index (χ4v) is 2.78. The Kier molecular flexibility index (Phi) is 5.75. The van der Waals surface area contributed by atoms with E-state index in [9.17, 15) is 4.79 Å². The first-order valence-electron chi connectivity index (χ1n) is 8.55. The smallest absolute Gasteiger partial charge is 0.307 e. The normalized spacial score (nSPS) is 12.0. The van der Waals surface area contributed by atoms with Gasteiger partial charge in [0, 0.05) is 11.9 Å². The van der Waals surface area contributed by atoms with E-state index in [0.29, 0.717) is 13.2 Å². The van der Waals surface area contributed by atoms with Gasteiger partial charge in [-0.3, -0.25) is 9.78 Å². The highest BCUT2D eigenvalue weighted by Gasteiger charge is 2.18. The summed E-state index contributed by atoms with van der Waals surface area (Å²) in [6.07, 6.45) is 0.256. The Balaban J connectivity index is 1.81. The number of benzene rings is 2. The molecule has 0 radical (unpaired) electrons. The molecular formula is C21H22N2O2. The van der Waals surface area contributed by atoms with Gasteiger partial charge in [-0.2, -0.15) is 0 Å². The molecule has 4 nitrogen and oxygen atoms in total. The van der Waals surface area contributed by atoms with E-state index in [0.717, 1.165) is 22.2 Å². The second-order valence-corrected chi connectivity index (χ2v) is 5.86. The number of nitrogens with one attached hydrogen (secondary N) is 1. The highest BCUT2D eigenvalue weighted by molar-refractivity contribution is 5.78. The van der Waals surface area contributed by atoms with E-state index in [2.05, 4.69) is 17.4 Å². The average molecular weight is 334 g/mol. The number of rotatable bonds is 7. The van der Waals surface area contributed by atoms with Crippen molar-refractivity contribution in [1.29, 1.82) is 0 Å². The summed E-state index contributed by atoms with van der Waals surface area (Å²) < 4.78 is 5.13. The molecule has 128 valence electrons. The standard InChI is InChI=1S/C21H22N2O2/c1-2-25-21(24)14-20(22-15-16-8-4-3-5-9-16)19-13-12-17-10-6-7-11-18(17)23-19/h3-13,20,22H,2,14-15H2,1H3. The largest absolute Gasteiger partial charge is 0.466 e. The van der Waals surface area contributed by atoms with Gasteiger partial charge in [0.25, 0.3) is 0 Å².